The Morgan fingerprint density at radius 1 is 1.29 bits per heavy atom. The zero-order chi connectivity index (χ0) is 15.2. The smallest absolute Gasteiger partial charge is 0.240 e. The van der Waals surface area contributed by atoms with Crippen LogP contribution in [0.25, 0.3) is 0 Å². The molecule has 0 aliphatic heterocycles. The van der Waals surface area contributed by atoms with Gasteiger partial charge in [-0.2, -0.15) is 0 Å². The summed E-state index contributed by atoms with van der Waals surface area (Å²) in [6, 6.07) is 2.77. The Morgan fingerprint density at radius 2 is 1.86 bits per heavy atom. The Hall–Kier alpha value is -0.980. The minimum absolute atomic E-state index is 0.00921. The molecule has 0 amide bonds. The topological polar surface area (TPSA) is 72.2 Å². The van der Waals surface area contributed by atoms with Crippen LogP contribution in [0.1, 0.15) is 36.8 Å². The van der Waals surface area contributed by atoms with Gasteiger partial charge < -0.3 is 5.73 Å². The van der Waals surface area contributed by atoms with Crippen LogP contribution in [0.3, 0.4) is 0 Å². The lowest BCUT2D eigenvalue weighted by Gasteiger charge is -2.18. The first-order valence-corrected chi connectivity index (χ1v) is 8.92. The maximum atomic E-state index is 13.8. The molecule has 2 fully saturated rings. The monoisotopic (exact) mass is 312 g/mol. The van der Waals surface area contributed by atoms with Gasteiger partial charge in [-0.15, -0.1) is 0 Å². The van der Waals surface area contributed by atoms with Crippen LogP contribution in [-0.4, -0.2) is 14.5 Å². The molecule has 2 aliphatic rings. The van der Waals surface area contributed by atoms with Crippen molar-refractivity contribution in [2.45, 2.75) is 50.1 Å². The average molecular weight is 312 g/mol. The van der Waals surface area contributed by atoms with Gasteiger partial charge in [0.25, 0.3) is 0 Å². The van der Waals surface area contributed by atoms with Crippen molar-refractivity contribution in [3.63, 3.8) is 0 Å². The number of benzene rings is 1. The molecule has 0 heterocycles. The van der Waals surface area contributed by atoms with Crippen LogP contribution >= 0.6 is 0 Å². The first-order chi connectivity index (χ1) is 9.92. The zero-order valence-corrected chi connectivity index (χ0v) is 12.9. The van der Waals surface area contributed by atoms with Gasteiger partial charge in [-0.1, -0.05) is 0 Å². The molecule has 1 aromatic rings. The first-order valence-electron chi connectivity index (χ1n) is 7.44. The third-order valence-electron chi connectivity index (χ3n) is 4.38. The van der Waals surface area contributed by atoms with Gasteiger partial charge in [-0.3, -0.25) is 0 Å². The Balaban J connectivity index is 1.88. The molecular weight excluding hydrogens is 291 g/mol. The molecule has 0 bridgehead atoms. The van der Waals surface area contributed by atoms with Crippen molar-refractivity contribution in [2.24, 2.45) is 17.6 Å². The summed E-state index contributed by atoms with van der Waals surface area (Å²) >= 11 is 0. The molecule has 0 radical (unpaired) electrons. The van der Waals surface area contributed by atoms with Crippen molar-refractivity contribution >= 4 is 10.0 Å². The van der Waals surface area contributed by atoms with Gasteiger partial charge in [0.2, 0.25) is 10.0 Å². The molecular formula is C15H21FN2O2S. The molecule has 4 nitrogen and oxygen atoms in total. The normalized spacial score (nSPS) is 19.2. The molecule has 3 rings (SSSR count). The first kappa shape index (κ1) is 14.9. The summed E-state index contributed by atoms with van der Waals surface area (Å²) in [5, 5.41) is 0. The highest BCUT2D eigenvalue weighted by molar-refractivity contribution is 7.89. The maximum Gasteiger partial charge on any atom is 0.240 e. The average Bonchev–Trinajstić information content (AvgIpc) is 3.30. The molecule has 0 aromatic heterocycles. The van der Waals surface area contributed by atoms with E-state index in [4.69, 9.17) is 5.73 Å². The Labute approximate surface area is 125 Å². The van der Waals surface area contributed by atoms with E-state index in [0.717, 1.165) is 25.7 Å². The van der Waals surface area contributed by atoms with Crippen LogP contribution in [0, 0.1) is 24.6 Å². The van der Waals surface area contributed by atoms with Gasteiger partial charge >= 0.3 is 0 Å². The van der Waals surface area contributed by atoms with Gasteiger partial charge in [0.05, 0.1) is 4.90 Å². The predicted octanol–water partition coefficient (Wildman–Crippen LogP) is 2.06. The molecule has 6 heteroatoms. The number of hydrogen-bond acceptors (Lipinski definition) is 3. The summed E-state index contributed by atoms with van der Waals surface area (Å²) in [5.41, 5.74) is 6.05. The minimum Gasteiger partial charge on any atom is -0.326 e. The zero-order valence-electron chi connectivity index (χ0n) is 12.1. The van der Waals surface area contributed by atoms with Gasteiger partial charge in [0.1, 0.15) is 5.82 Å². The van der Waals surface area contributed by atoms with Crippen LogP contribution in [0.5, 0.6) is 0 Å². The summed E-state index contributed by atoms with van der Waals surface area (Å²) in [5.74, 6) is 0.531. The second kappa shape index (κ2) is 5.34. The van der Waals surface area contributed by atoms with E-state index < -0.39 is 15.8 Å². The van der Waals surface area contributed by atoms with Crippen molar-refractivity contribution < 1.29 is 12.8 Å². The van der Waals surface area contributed by atoms with Crippen molar-refractivity contribution in [2.75, 3.05) is 0 Å². The van der Waals surface area contributed by atoms with E-state index in [1.807, 2.05) is 0 Å². The van der Waals surface area contributed by atoms with E-state index >= 15 is 0 Å². The van der Waals surface area contributed by atoms with Crippen molar-refractivity contribution in [3.05, 3.63) is 29.1 Å². The molecule has 1 aromatic carbocycles. The van der Waals surface area contributed by atoms with E-state index in [9.17, 15) is 12.8 Å². The van der Waals surface area contributed by atoms with E-state index in [2.05, 4.69) is 4.72 Å². The lowest BCUT2D eigenvalue weighted by Crippen LogP contribution is -2.38. The van der Waals surface area contributed by atoms with Crippen LogP contribution in [0.4, 0.5) is 4.39 Å². The predicted molar refractivity (Wildman–Crippen MR) is 78.6 cm³/mol. The molecule has 0 unspecified atom stereocenters. The van der Waals surface area contributed by atoms with Crippen molar-refractivity contribution in [1.82, 2.24) is 4.72 Å². The fourth-order valence-electron chi connectivity index (χ4n) is 2.85. The van der Waals surface area contributed by atoms with Crippen molar-refractivity contribution in [3.8, 4) is 0 Å². The number of aryl methyl sites for hydroxylation is 1. The van der Waals surface area contributed by atoms with Gasteiger partial charge in [0, 0.05) is 18.2 Å². The highest BCUT2D eigenvalue weighted by atomic mass is 32.2. The second-order valence-corrected chi connectivity index (χ2v) is 7.95. The Kier molecular flexibility index (Phi) is 3.80. The fraction of sp³-hybridized carbons (Fsp3) is 0.600. The standard InChI is InChI=1S/C15H21FN2O2S/c1-9-6-13(7-12(8-17)14(9)16)21(19,20)18-15(10-2-3-10)11-4-5-11/h6-7,10-11,15,18H,2-5,8,17H2,1H3. The largest absolute Gasteiger partial charge is 0.326 e. The quantitative estimate of drug-likeness (QED) is 0.844. The number of rotatable bonds is 6. The van der Waals surface area contributed by atoms with Crippen molar-refractivity contribution in [1.29, 1.82) is 0 Å². The molecule has 2 aliphatic carbocycles. The van der Waals surface area contributed by atoms with E-state index in [-0.39, 0.29) is 23.0 Å². The van der Waals surface area contributed by atoms with E-state index in [1.54, 1.807) is 6.92 Å². The number of sulfonamides is 1. The van der Waals surface area contributed by atoms with E-state index in [1.165, 1.54) is 12.1 Å². The van der Waals surface area contributed by atoms with Gasteiger partial charge in [-0.25, -0.2) is 17.5 Å². The molecule has 0 spiro atoms. The van der Waals surface area contributed by atoms with Crippen LogP contribution in [-0.2, 0) is 16.6 Å². The molecule has 0 atom stereocenters. The number of halogens is 1. The molecule has 3 N–H and O–H groups in total. The second-order valence-electron chi connectivity index (χ2n) is 6.24. The third-order valence-corrected chi connectivity index (χ3v) is 5.82. The summed E-state index contributed by atoms with van der Waals surface area (Å²) in [7, 11) is -3.61. The third kappa shape index (κ3) is 3.12. The highest BCUT2D eigenvalue weighted by Crippen LogP contribution is 2.45. The Morgan fingerprint density at radius 3 is 2.33 bits per heavy atom. The number of nitrogens with one attached hydrogen (secondary N) is 1. The SMILES string of the molecule is Cc1cc(S(=O)(=O)NC(C2CC2)C2CC2)cc(CN)c1F. The van der Waals surface area contributed by atoms with Gasteiger partial charge in [-0.05, 0) is 62.1 Å². The number of nitrogens with two attached hydrogens (primary N) is 1. The lowest BCUT2D eigenvalue weighted by molar-refractivity contribution is 0.471. The summed E-state index contributed by atoms with van der Waals surface area (Å²) in [4.78, 5) is 0.119. The summed E-state index contributed by atoms with van der Waals surface area (Å²) in [6.45, 7) is 1.55. The van der Waals surface area contributed by atoms with Crippen LogP contribution in [0.15, 0.2) is 17.0 Å². The van der Waals surface area contributed by atoms with Crippen LogP contribution in [0.2, 0.25) is 0 Å². The van der Waals surface area contributed by atoms with Crippen LogP contribution < -0.4 is 10.5 Å². The molecule has 21 heavy (non-hydrogen) atoms. The summed E-state index contributed by atoms with van der Waals surface area (Å²) < 4.78 is 41.8. The fourth-order valence-corrected chi connectivity index (χ4v) is 4.35. The number of hydrogen-bond donors (Lipinski definition) is 2. The highest BCUT2D eigenvalue weighted by Gasteiger charge is 2.43. The molecule has 0 saturated heterocycles. The maximum absolute atomic E-state index is 13.8. The molecule has 2 saturated carbocycles. The van der Waals surface area contributed by atoms with E-state index in [0.29, 0.717) is 17.4 Å². The lowest BCUT2D eigenvalue weighted by atomic mass is 10.1. The Bertz CT molecular complexity index is 640. The van der Waals surface area contributed by atoms with Gasteiger partial charge in [0.15, 0.2) is 0 Å². The minimum atomic E-state index is -3.61. The summed E-state index contributed by atoms with van der Waals surface area (Å²) in [6.07, 6.45) is 4.39. The molecule has 116 valence electrons.